The van der Waals surface area contributed by atoms with Crippen LogP contribution in [0.2, 0.25) is 0 Å². The molecule has 0 saturated carbocycles. The van der Waals surface area contributed by atoms with Crippen molar-refractivity contribution in [2.24, 2.45) is 0 Å². The van der Waals surface area contributed by atoms with Crippen molar-refractivity contribution in [3.8, 4) is 68.5 Å². The minimum atomic E-state index is 0.346. The lowest BCUT2D eigenvalue weighted by Crippen LogP contribution is -2.01. The molecule has 0 aliphatic carbocycles. The zero-order chi connectivity index (χ0) is 40.2. The topological polar surface area (TPSA) is 83.2 Å². The quantitative estimate of drug-likeness (QED) is 0.169. The van der Waals surface area contributed by atoms with E-state index < -0.39 is 0 Å². The summed E-state index contributed by atoms with van der Waals surface area (Å²) in [5.41, 5.74) is 12.2. The number of hydrogen-bond acceptors (Lipinski definition) is 4. The fourth-order valence-electron chi connectivity index (χ4n) is 8.85. The zero-order valence-electron chi connectivity index (χ0n) is 32.2. The van der Waals surface area contributed by atoms with Crippen LogP contribution in [0, 0.1) is 22.7 Å². The normalized spacial score (nSPS) is 11.3. The molecule has 0 amide bonds. The van der Waals surface area contributed by atoms with Gasteiger partial charge in [0, 0.05) is 60.7 Å². The lowest BCUT2D eigenvalue weighted by molar-refractivity contribution is 1.16. The van der Waals surface area contributed by atoms with E-state index in [4.69, 9.17) is 9.97 Å². The SMILES string of the molecule is N#Cc1cc(-c2nc(-c3ccccc3)nc(-c3ccccc3)c2C#N)ccc1-c1c2c3ccccc3n(-c3ccccc3)c2cc2c1c1ccccc1n2-c1ccccc1. The van der Waals surface area contributed by atoms with Crippen molar-refractivity contribution in [3.05, 3.63) is 205 Å². The van der Waals surface area contributed by atoms with E-state index in [2.05, 4.69) is 124 Å². The molecule has 11 rings (SSSR count). The summed E-state index contributed by atoms with van der Waals surface area (Å²) in [6, 6.07) is 70.7. The molecule has 278 valence electrons. The Hall–Kier alpha value is -8.58. The second-order valence-corrected chi connectivity index (χ2v) is 14.8. The lowest BCUT2D eigenvalue weighted by atomic mass is 9.89. The van der Waals surface area contributed by atoms with Crippen molar-refractivity contribution in [1.29, 1.82) is 10.5 Å². The molecule has 0 N–H and O–H groups in total. The molecule has 3 heterocycles. The molecule has 0 aliphatic heterocycles. The van der Waals surface area contributed by atoms with Crippen LogP contribution in [0.1, 0.15) is 11.1 Å². The molecule has 0 spiro atoms. The average Bonchev–Trinajstić information content (AvgIpc) is 3.84. The molecular formula is C54H32N6. The summed E-state index contributed by atoms with van der Waals surface area (Å²) >= 11 is 0. The molecule has 11 aromatic rings. The highest BCUT2D eigenvalue weighted by molar-refractivity contribution is 6.28. The van der Waals surface area contributed by atoms with E-state index in [0.717, 1.165) is 77.2 Å². The maximum atomic E-state index is 11.2. The number of nitrogens with zero attached hydrogens (tertiary/aromatic N) is 6. The number of fused-ring (bicyclic) bond motifs is 6. The number of para-hydroxylation sites is 4. The Bertz CT molecular complexity index is 3410. The molecule has 0 bridgehead atoms. The summed E-state index contributed by atoms with van der Waals surface area (Å²) in [5.74, 6) is 0.500. The molecule has 0 aliphatic rings. The first-order chi connectivity index (χ1) is 29.7. The Morgan fingerprint density at radius 3 is 1.38 bits per heavy atom. The van der Waals surface area contributed by atoms with Gasteiger partial charge in [-0.25, -0.2) is 9.97 Å². The second-order valence-electron chi connectivity index (χ2n) is 14.8. The molecule has 3 aromatic heterocycles. The number of hydrogen-bond donors (Lipinski definition) is 0. The van der Waals surface area contributed by atoms with Crippen LogP contribution in [-0.2, 0) is 0 Å². The maximum absolute atomic E-state index is 11.2. The Balaban J connectivity index is 1.26. The third-order valence-electron chi connectivity index (χ3n) is 11.4. The van der Waals surface area contributed by atoms with E-state index >= 15 is 0 Å². The van der Waals surface area contributed by atoms with Crippen LogP contribution in [0.4, 0.5) is 0 Å². The van der Waals surface area contributed by atoms with E-state index in [1.807, 2.05) is 91.0 Å². The van der Waals surface area contributed by atoms with Gasteiger partial charge in [-0.15, -0.1) is 0 Å². The summed E-state index contributed by atoms with van der Waals surface area (Å²) in [7, 11) is 0. The summed E-state index contributed by atoms with van der Waals surface area (Å²) in [6.45, 7) is 0. The van der Waals surface area contributed by atoms with Gasteiger partial charge in [0.05, 0.1) is 45.1 Å². The third kappa shape index (κ3) is 5.40. The van der Waals surface area contributed by atoms with Crippen molar-refractivity contribution in [2.75, 3.05) is 0 Å². The van der Waals surface area contributed by atoms with Crippen molar-refractivity contribution >= 4 is 43.6 Å². The summed E-state index contributed by atoms with van der Waals surface area (Å²) in [5, 5.41) is 26.3. The number of rotatable bonds is 6. The summed E-state index contributed by atoms with van der Waals surface area (Å²) in [6.07, 6.45) is 0. The second kappa shape index (κ2) is 14.1. The van der Waals surface area contributed by atoms with Crippen LogP contribution < -0.4 is 0 Å². The van der Waals surface area contributed by atoms with E-state index in [1.165, 1.54) is 0 Å². The molecule has 0 atom stereocenters. The van der Waals surface area contributed by atoms with Crippen molar-refractivity contribution in [3.63, 3.8) is 0 Å². The molecule has 8 aromatic carbocycles. The Kier molecular flexibility index (Phi) is 8.15. The molecule has 6 heteroatoms. The van der Waals surface area contributed by atoms with Gasteiger partial charge in [-0.3, -0.25) is 0 Å². The van der Waals surface area contributed by atoms with E-state index in [9.17, 15) is 10.5 Å². The highest BCUT2D eigenvalue weighted by Gasteiger charge is 2.26. The van der Waals surface area contributed by atoms with Gasteiger partial charge in [-0.2, -0.15) is 10.5 Å². The fourth-order valence-corrected chi connectivity index (χ4v) is 8.85. The molecular weight excluding hydrogens is 733 g/mol. The number of benzene rings is 8. The molecule has 0 saturated heterocycles. The first kappa shape index (κ1) is 34.7. The van der Waals surface area contributed by atoms with Crippen molar-refractivity contribution < 1.29 is 0 Å². The summed E-state index contributed by atoms with van der Waals surface area (Å²) < 4.78 is 4.66. The van der Waals surface area contributed by atoms with Crippen molar-refractivity contribution in [2.45, 2.75) is 0 Å². The monoisotopic (exact) mass is 764 g/mol. The molecule has 0 unspecified atom stereocenters. The average molecular weight is 765 g/mol. The van der Waals surface area contributed by atoms with Crippen LogP contribution >= 0.6 is 0 Å². The van der Waals surface area contributed by atoms with Gasteiger partial charge in [0.2, 0.25) is 0 Å². The minimum Gasteiger partial charge on any atom is -0.309 e. The van der Waals surface area contributed by atoms with E-state index in [-0.39, 0.29) is 0 Å². The highest BCUT2D eigenvalue weighted by Crippen LogP contribution is 2.48. The van der Waals surface area contributed by atoms with Gasteiger partial charge >= 0.3 is 0 Å². The summed E-state index contributed by atoms with van der Waals surface area (Å²) in [4.78, 5) is 10.0. The standard InChI is InChI=1S/C54H32N6/c55-33-38-31-37(53-44(34-56)52(35-17-5-1-6-18-35)57-54(58-53)36-19-7-2-8-20-36)29-30-41(38)51-49-42-25-13-15-27-45(42)59(39-21-9-3-10-22-39)47(49)32-48-50(51)43-26-14-16-28-46(43)60(48)40-23-11-4-12-24-40/h1-32H. The van der Waals surface area contributed by atoms with Crippen LogP contribution in [0.25, 0.3) is 100 Å². The van der Waals surface area contributed by atoms with Crippen molar-refractivity contribution in [1.82, 2.24) is 19.1 Å². The Morgan fingerprint density at radius 2 is 0.867 bits per heavy atom. The molecule has 0 fully saturated rings. The number of aromatic nitrogens is 4. The van der Waals surface area contributed by atoms with Crippen LogP contribution in [0.3, 0.4) is 0 Å². The van der Waals surface area contributed by atoms with Gasteiger partial charge in [0.1, 0.15) is 11.6 Å². The molecule has 0 radical (unpaired) electrons. The smallest absolute Gasteiger partial charge is 0.160 e. The Labute approximate surface area is 345 Å². The number of nitriles is 2. The van der Waals surface area contributed by atoms with Gasteiger partial charge in [-0.1, -0.05) is 146 Å². The van der Waals surface area contributed by atoms with Gasteiger partial charge < -0.3 is 9.13 Å². The largest absolute Gasteiger partial charge is 0.309 e. The predicted molar refractivity (Wildman–Crippen MR) is 242 cm³/mol. The van der Waals surface area contributed by atoms with E-state index in [0.29, 0.717) is 33.9 Å². The van der Waals surface area contributed by atoms with Crippen LogP contribution in [0.15, 0.2) is 194 Å². The molecule has 60 heavy (non-hydrogen) atoms. The van der Waals surface area contributed by atoms with Gasteiger partial charge in [0.15, 0.2) is 5.82 Å². The minimum absolute atomic E-state index is 0.346. The first-order valence-electron chi connectivity index (χ1n) is 19.8. The highest BCUT2D eigenvalue weighted by atomic mass is 15.0. The van der Waals surface area contributed by atoms with Gasteiger partial charge in [-0.05, 0) is 48.5 Å². The predicted octanol–water partition coefficient (Wildman–Crippen LogP) is 13.1. The zero-order valence-corrected chi connectivity index (χ0v) is 32.2. The lowest BCUT2D eigenvalue weighted by Gasteiger charge is -2.15. The first-order valence-corrected chi connectivity index (χ1v) is 19.8. The van der Waals surface area contributed by atoms with Crippen LogP contribution in [-0.4, -0.2) is 19.1 Å². The fraction of sp³-hybridized carbons (Fsp3) is 0. The molecule has 6 nitrogen and oxygen atoms in total. The van der Waals surface area contributed by atoms with Gasteiger partial charge in [0.25, 0.3) is 0 Å². The van der Waals surface area contributed by atoms with Crippen LogP contribution in [0.5, 0.6) is 0 Å². The van der Waals surface area contributed by atoms with E-state index in [1.54, 1.807) is 0 Å². The Morgan fingerprint density at radius 1 is 0.400 bits per heavy atom. The maximum Gasteiger partial charge on any atom is 0.160 e. The third-order valence-corrected chi connectivity index (χ3v) is 11.4.